The molecule has 0 radical (unpaired) electrons. The predicted molar refractivity (Wildman–Crippen MR) is 116 cm³/mol. The summed E-state index contributed by atoms with van der Waals surface area (Å²) in [6, 6.07) is 11.6. The van der Waals surface area contributed by atoms with E-state index >= 15 is 0 Å². The molecule has 150 valence electrons. The number of benzene rings is 2. The van der Waals surface area contributed by atoms with E-state index in [1.807, 2.05) is 24.3 Å². The number of aliphatic carboxylic acids is 1. The third kappa shape index (κ3) is 6.53. The summed E-state index contributed by atoms with van der Waals surface area (Å²) in [4.78, 5) is 22.6. The van der Waals surface area contributed by atoms with Crippen LogP contribution >= 0.6 is 31.9 Å². The number of carbonyl (C=O) groups is 2. The van der Waals surface area contributed by atoms with Crippen LogP contribution < -0.4 is 15.4 Å². The fraction of sp³-hybridized carbons (Fsp3) is 0.300. The molecule has 0 heterocycles. The van der Waals surface area contributed by atoms with Crippen LogP contribution in [0, 0.1) is 0 Å². The largest absolute Gasteiger partial charge is 0.487 e. The van der Waals surface area contributed by atoms with Gasteiger partial charge in [0.25, 0.3) is 5.91 Å². The van der Waals surface area contributed by atoms with Crippen molar-refractivity contribution in [2.75, 3.05) is 11.9 Å². The highest BCUT2D eigenvalue weighted by molar-refractivity contribution is 9.11. The molecule has 6 nitrogen and oxygen atoms in total. The molecule has 0 aliphatic rings. The Bertz CT molecular complexity index is 835. The first-order chi connectivity index (χ1) is 13.3. The van der Waals surface area contributed by atoms with Gasteiger partial charge in [-0.15, -0.1) is 0 Å². The van der Waals surface area contributed by atoms with Crippen LogP contribution in [-0.4, -0.2) is 29.6 Å². The van der Waals surface area contributed by atoms with Crippen LogP contribution in [-0.2, 0) is 11.4 Å². The van der Waals surface area contributed by atoms with Crippen LogP contribution in [0.4, 0.5) is 5.69 Å². The lowest BCUT2D eigenvalue weighted by Crippen LogP contribution is -2.29. The molecule has 1 unspecified atom stereocenters. The van der Waals surface area contributed by atoms with E-state index in [1.165, 1.54) is 0 Å². The van der Waals surface area contributed by atoms with E-state index in [0.717, 1.165) is 17.7 Å². The molecular formula is C20H22Br2N2O4. The average Bonchev–Trinajstić information content (AvgIpc) is 2.65. The van der Waals surface area contributed by atoms with Crippen molar-refractivity contribution in [1.82, 2.24) is 5.32 Å². The van der Waals surface area contributed by atoms with E-state index < -0.39 is 18.4 Å². The summed E-state index contributed by atoms with van der Waals surface area (Å²) in [7, 11) is 0. The zero-order valence-electron chi connectivity index (χ0n) is 15.6. The molecule has 0 aliphatic carbocycles. The highest BCUT2D eigenvalue weighted by Crippen LogP contribution is 2.35. The molecule has 2 rings (SSSR count). The number of carbonyl (C=O) groups excluding carboxylic acids is 1. The Balaban J connectivity index is 2.07. The van der Waals surface area contributed by atoms with Crippen molar-refractivity contribution in [3.63, 3.8) is 0 Å². The van der Waals surface area contributed by atoms with E-state index in [1.54, 1.807) is 12.1 Å². The number of hydrogen-bond acceptors (Lipinski definition) is 4. The normalized spacial score (nSPS) is 11.6. The molecule has 3 N–H and O–H groups in total. The molecule has 0 saturated carbocycles. The van der Waals surface area contributed by atoms with Gasteiger partial charge in [0.2, 0.25) is 0 Å². The first kappa shape index (κ1) is 22.2. The van der Waals surface area contributed by atoms with E-state index in [4.69, 9.17) is 9.84 Å². The molecule has 0 bridgehead atoms. The fourth-order valence-electron chi connectivity index (χ4n) is 2.38. The SMILES string of the molecule is CCC(C)Nc1cccc(COc2c(Br)cc(C(=O)NCC(=O)O)cc2Br)c1. The van der Waals surface area contributed by atoms with E-state index in [2.05, 4.69) is 56.3 Å². The van der Waals surface area contributed by atoms with E-state index in [9.17, 15) is 9.59 Å². The van der Waals surface area contributed by atoms with Crippen molar-refractivity contribution in [3.05, 3.63) is 56.5 Å². The second-order valence-corrected chi connectivity index (χ2v) is 8.00. The molecule has 2 aromatic rings. The lowest BCUT2D eigenvalue weighted by molar-refractivity contribution is -0.135. The Kier molecular flexibility index (Phi) is 8.32. The zero-order chi connectivity index (χ0) is 20.7. The third-order valence-corrected chi connectivity index (χ3v) is 5.17. The average molecular weight is 514 g/mol. The number of anilines is 1. The van der Waals surface area contributed by atoms with Crippen LogP contribution in [0.3, 0.4) is 0 Å². The van der Waals surface area contributed by atoms with Crippen LogP contribution in [0.5, 0.6) is 5.75 Å². The van der Waals surface area contributed by atoms with Gasteiger partial charge < -0.3 is 20.5 Å². The monoisotopic (exact) mass is 512 g/mol. The highest BCUT2D eigenvalue weighted by Gasteiger charge is 2.14. The Labute approximate surface area is 180 Å². The van der Waals surface area contributed by atoms with E-state index in [0.29, 0.717) is 32.9 Å². The number of hydrogen-bond donors (Lipinski definition) is 3. The van der Waals surface area contributed by atoms with Gasteiger partial charge in [-0.2, -0.15) is 0 Å². The number of halogens is 2. The molecule has 0 aromatic heterocycles. The second kappa shape index (κ2) is 10.5. The minimum atomic E-state index is -1.10. The van der Waals surface area contributed by atoms with Crippen LogP contribution in [0.25, 0.3) is 0 Å². The maximum atomic E-state index is 12.0. The van der Waals surface area contributed by atoms with Gasteiger partial charge in [-0.25, -0.2) is 0 Å². The maximum Gasteiger partial charge on any atom is 0.322 e. The Morgan fingerprint density at radius 3 is 2.46 bits per heavy atom. The third-order valence-electron chi connectivity index (χ3n) is 4.00. The molecule has 1 amide bonds. The van der Waals surface area contributed by atoms with Crippen molar-refractivity contribution < 1.29 is 19.4 Å². The first-order valence-corrected chi connectivity index (χ1v) is 10.4. The standard InChI is InChI=1S/C20H22Br2N2O4/c1-3-12(2)24-15-6-4-5-13(7-15)11-28-19-16(21)8-14(9-17(19)22)20(27)23-10-18(25)26/h4-9,12,24H,3,10-11H2,1-2H3,(H,23,27)(H,25,26). The Morgan fingerprint density at radius 1 is 1.18 bits per heavy atom. The van der Waals surface area contributed by atoms with Gasteiger partial charge in [0.1, 0.15) is 18.9 Å². The minimum absolute atomic E-state index is 0.326. The van der Waals surface area contributed by atoms with Crippen molar-refractivity contribution in [1.29, 1.82) is 0 Å². The smallest absolute Gasteiger partial charge is 0.322 e. The van der Waals surface area contributed by atoms with Gasteiger partial charge in [-0.05, 0) is 75.0 Å². The number of ether oxygens (including phenoxy) is 1. The van der Waals surface area contributed by atoms with Gasteiger partial charge in [-0.1, -0.05) is 19.1 Å². The number of amides is 1. The van der Waals surface area contributed by atoms with Gasteiger partial charge >= 0.3 is 5.97 Å². The Morgan fingerprint density at radius 2 is 1.86 bits per heavy atom. The molecule has 0 saturated heterocycles. The number of carboxylic acids is 1. The second-order valence-electron chi connectivity index (χ2n) is 6.29. The molecule has 1 atom stereocenters. The molecule has 8 heteroatoms. The molecule has 0 aliphatic heterocycles. The molecular weight excluding hydrogens is 492 g/mol. The summed E-state index contributed by atoms with van der Waals surface area (Å²) in [5.41, 5.74) is 2.38. The van der Waals surface area contributed by atoms with Crippen molar-refractivity contribution in [2.24, 2.45) is 0 Å². The summed E-state index contributed by atoms with van der Waals surface area (Å²) in [5.74, 6) is -1.01. The van der Waals surface area contributed by atoms with Crippen molar-refractivity contribution >= 4 is 49.4 Å². The zero-order valence-corrected chi connectivity index (χ0v) is 18.8. The van der Waals surface area contributed by atoms with Crippen LogP contribution in [0.1, 0.15) is 36.2 Å². The predicted octanol–water partition coefficient (Wildman–Crippen LogP) is 4.82. The summed E-state index contributed by atoms with van der Waals surface area (Å²) in [5, 5.41) is 14.4. The van der Waals surface area contributed by atoms with Crippen LogP contribution in [0.15, 0.2) is 45.3 Å². The summed E-state index contributed by atoms with van der Waals surface area (Å²) in [6.45, 7) is 4.18. The maximum absolute atomic E-state index is 12.0. The van der Waals surface area contributed by atoms with Gasteiger partial charge in [0.15, 0.2) is 0 Å². The van der Waals surface area contributed by atoms with Crippen LogP contribution in [0.2, 0.25) is 0 Å². The number of carboxylic acid groups (broad SMARTS) is 1. The molecule has 0 spiro atoms. The summed E-state index contributed by atoms with van der Waals surface area (Å²) in [6.07, 6.45) is 1.03. The summed E-state index contributed by atoms with van der Waals surface area (Å²) >= 11 is 6.83. The quantitative estimate of drug-likeness (QED) is 0.447. The van der Waals surface area contributed by atoms with Crippen molar-refractivity contribution in [2.45, 2.75) is 32.9 Å². The van der Waals surface area contributed by atoms with Crippen molar-refractivity contribution in [3.8, 4) is 5.75 Å². The van der Waals surface area contributed by atoms with Gasteiger partial charge in [-0.3, -0.25) is 9.59 Å². The first-order valence-electron chi connectivity index (χ1n) is 8.77. The van der Waals surface area contributed by atoms with Gasteiger partial charge in [0.05, 0.1) is 8.95 Å². The summed E-state index contributed by atoms with van der Waals surface area (Å²) < 4.78 is 7.11. The minimum Gasteiger partial charge on any atom is -0.487 e. The molecule has 28 heavy (non-hydrogen) atoms. The Hall–Kier alpha value is -2.06. The number of rotatable bonds is 9. The fourth-order valence-corrected chi connectivity index (χ4v) is 3.80. The molecule has 2 aromatic carbocycles. The lowest BCUT2D eigenvalue weighted by Gasteiger charge is -2.15. The molecule has 0 fully saturated rings. The van der Waals surface area contributed by atoms with Gasteiger partial charge in [0, 0.05) is 17.3 Å². The van der Waals surface area contributed by atoms with E-state index in [-0.39, 0.29) is 0 Å². The number of nitrogens with one attached hydrogen (secondary N) is 2. The topological polar surface area (TPSA) is 87.7 Å². The highest BCUT2D eigenvalue weighted by atomic mass is 79.9. The lowest BCUT2D eigenvalue weighted by atomic mass is 10.2.